The number of hydrogen-bond acceptors (Lipinski definition) is 4. The van der Waals surface area contributed by atoms with Crippen LogP contribution in [0.25, 0.3) is 10.9 Å². The number of para-hydroxylation sites is 2. The smallest absolute Gasteiger partial charge is 0.323 e. The topological polar surface area (TPSA) is 60.5 Å². The van der Waals surface area contributed by atoms with Gasteiger partial charge in [-0.1, -0.05) is 67.8 Å². The largest absolute Gasteiger partial charge is 0.366 e. The van der Waals surface area contributed by atoms with E-state index in [0.717, 1.165) is 49.1 Å². The van der Waals surface area contributed by atoms with Gasteiger partial charge in [0.15, 0.2) is 0 Å². The zero-order valence-corrected chi connectivity index (χ0v) is 26.3. The highest BCUT2D eigenvalue weighted by Gasteiger charge is 2.42. The van der Waals surface area contributed by atoms with Crippen molar-refractivity contribution in [2.45, 2.75) is 50.6 Å². The molecule has 4 aromatic rings. The van der Waals surface area contributed by atoms with Crippen molar-refractivity contribution in [3.63, 3.8) is 0 Å². The van der Waals surface area contributed by atoms with Gasteiger partial charge in [0, 0.05) is 48.0 Å². The number of amides is 2. The fourth-order valence-electron chi connectivity index (χ4n) is 6.59. The van der Waals surface area contributed by atoms with Crippen LogP contribution in [-0.2, 0) is 5.54 Å². The summed E-state index contributed by atoms with van der Waals surface area (Å²) in [4.78, 5) is 22.7. The molecule has 2 amide bonds. The van der Waals surface area contributed by atoms with Crippen LogP contribution in [0.4, 0.5) is 21.9 Å². The predicted molar refractivity (Wildman–Crippen MR) is 182 cm³/mol. The molecular weight excluding hydrogens is 589 g/mol. The van der Waals surface area contributed by atoms with E-state index in [1.54, 1.807) is 6.20 Å². The van der Waals surface area contributed by atoms with E-state index in [2.05, 4.69) is 80.9 Å². The summed E-state index contributed by atoms with van der Waals surface area (Å²) in [6.07, 6.45) is 7.78. The number of halogens is 3. The molecule has 1 saturated carbocycles. The van der Waals surface area contributed by atoms with Gasteiger partial charge in [0.2, 0.25) is 0 Å². The molecule has 6 rings (SSSR count). The van der Waals surface area contributed by atoms with Gasteiger partial charge in [-0.3, -0.25) is 9.88 Å². The van der Waals surface area contributed by atoms with Gasteiger partial charge in [0.05, 0.1) is 17.4 Å². The van der Waals surface area contributed by atoms with Gasteiger partial charge in [-0.2, -0.15) is 0 Å². The molecule has 1 aliphatic heterocycles. The maximum absolute atomic E-state index is 12.9. The molecule has 0 bridgehead atoms. The second-order valence-corrected chi connectivity index (χ2v) is 11.0. The quantitative estimate of drug-likeness (QED) is 0.233. The number of piperazine rings is 1. The van der Waals surface area contributed by atoms with E-state index in [-0.39, 0.29) is 48.8 Å². The monoisotopic (exact) mass is 627 g/mol. The zero-order valence-electron chi connectivity index (χ0n) is 23.9. The third kappa shape index (κ3) is 7.12. The second-order valence-electron chi connectivity index (χ2n) is 11.0. The summed E-state index contributed by atoms with van der Waals surface area (Å²) >= 11 is 0. The van der Waals surface area contributed by atoms with Crippen LogP contribution < -0.4 is 15.5 Å². The first-order valence-electron chi connectivity index (χ1n) is 14.2. The van der Waals surface area contributed by atoms with Gasteiger partial charge in [0.1, 0.15) is 0 Å². The molecule has 224 valence electrons. The van der Waals surface area contributed by atoms with Crippen molar-refractivity contribution < 1.29 is 4.79 Å². The Hall–Kier alpha value is -3.03. The first-order valence-corrected chi connectivity index (χ1v) is 14.2. The van der Waals surface area contributed by atoms with Gasteiger partial charge in [-0.05, 0) is 61.7 Å². The standard InChI is InChI=1S/C33H37N5O.3ClH/c1-25-24-37(19-20-38(25)30-14-4-2-5-15-30)33(17-8-3-9-18-33)27-12-10-13-28(22-27)35-32(39)36-29-21-26-11-6-7-16-31(26)34-23-29;;;/h2,4-7,10-16,21-23,25H,3,8-9,17-20,24H2,1H3,(H2,35,36,39);3*1H. The van der Waals surface area contributed by atoms with Gasteiger partial charge >= 0.3 is 6.03 Å². The van der Waals surface area contributed by atoms with Crippen molar-refractivity contribution in [2.24, 2.45) is 0 Å². The lowest BCUT2D eigenvalue weighted by Crippen LogP contribution is -2.59. The normalized spacial score (nSPS) is 18.1. The van der Waals surface area contributed by atoms with Crippen LogP contribution in [0.2, 0.25) is 0 Å². The van der Waals surface area contributed by atoms with E-state index < -0.39 is 0 Å². The van der Waals surface area contributed by atoms with E-state index in [9.17, 15) is 4.79 Å². The van der Waals surface area contributed by atoms with Crippen LogP contribution >= 0.6 is 37.2 Å². The molecule has 0 radical (unpaired) electrons. The summed E-state index contributed by atoms with van der Waals surface area (Å²) in [5, 5.41) is 7.02. The van der Waals surface area contributed by atoms with Crippen molar-refractivity contribution in [2.75, 3.05) is 35.2 Å². The lowest BCUT2D eigenvalue weighted by atomic mass is 9.74. The highest BCUT2D eigenvalue weighted by Crippen LogP contribution is 2.44. The lowest BCUT2D eigenvalue weighted by molar-refractivity contribution is 0.0318. The third-order valence-electron chi connectivity index (χ3n) is 8.51. The number of nitrogens with zero attached hydrogens (tertiary/aromatic N) is 3. The average molecular weight is 629 g/mol. The summed E-state index contributed by atoms with van der Waals surface area (Å²) < 4.78 is 0. The average Bonchev–Trinajstić information content (AvgIpc) is 2.98. The molecule has 9 heteroatoms. The Kier molecular flexibility index (Phi) is 11.9. The summed E-state index contributed by atoms with van der Waals surface area (Å²) in [7, 11) is 0. The number of rotatable bonds is 5. The molecule has 2 fully saturated rings. The highest BCUT2D eigenvalue weighted by atomic mass is 35.5. The molecule has 42 heavy (non-hydrogen) atoms. The first-order chi connectivity index (χ1) is 19.1. The van der Waals surface area contributed by atoms with Crippen LogP contribution in [0.5, 0.6) is 0 Å². The van der Waals surface area contributed by atoms with E-state index in [1.807, 2.05) is 36.4 Å². The minimum Gasteiger partial charge on any atom is -0.366 e. The van der Waals surface area contributed by atoms with Crippen molar-refractivity contribution in [1.82, 2.24) is 9.88 Å². The number of pyridine rings is 1. The van der Waals surface area contributed by atoms with E-state index in [0.29, 0.717) is 11.7 Å². The highest BCUT2D eigenvalue weighted by molar-refractivity contribution is 6.00. The van der Waals surface area contributed by atoms with Gasteiger partial charge in [-0.25, -0.2) is 4.79 Å². The number of benzene rings is 3. The van der Waals surface area contributed by atoms with Crippen molar-refractivity contribution in [1.29, 1.82) is 0 Å². The molecule has 2 heterocycles. The SMILES string of the molecule is CC1CN(C2(c3cccc(NC(=O)Nc4cnc5ccccc5c4)c3)CCCCC2)CCN1c1ccccc1.Cl.Cl.Cl. The van der Waals surface area contributed by atoms with Crippen LogP contribution in [0, 0.1) is 0 Å². The molecule has 6 nitrogen and oxygen atoms in total. The summed E-state index contributed by atoms with van der Waals surface area (Å²) in [6, 6.07) is 29.3. The number of fused-ring (bicyclic) bond motifs is 1. The molecule has 1 atom stereocenters. The molecule has 0 spiro atoms. The van der Waals surface area contributed by atoms with Crippen molar-refractivity contribution >= 4 is 71.2 Å². The fraction of sp³-hybridized carbons (Fsp3) is 0.333. The number of anilines is 3. The number of nitrogens with one attached hydrogen (secondary N) is 2. The zero-order chi connectivity index (χ0) is 26.7. The third-order valence-corrected chi connectivity index (χ3v) is 8.51. The van der Waals surface area contributed by atoms with E-state index in [1.165, 1.54) is 30.5 Å². The van der Waals surface area contributed by atoms with Gasteiger partial charge in [0.25, 0.3) is 0 Å². The summed E-state index contributed by atoms with van der Waals surface area (Å²) in [5.74, 6) is 0. The molecule has 2 aliphatic rings. The van der Waals surface area contributed by atoms with Crippen LogP contribution in [0.1, 0.15) is 44.6 Å². The molecule has 1 aromatic heterocycles. The molecule has 1 saturated heterocycles. The van der Waals surface area contributed by atoms with Crippen LogP contribution in [-0.4, -0.2) is 41.6 Å². The number of urea groups is 1. The lowest BCUT2D eigenvalue weighted by Gasteiger charge is -2.52. The Morgan fingerprint density at radius 3 is 2.29 bits per heavy atom. The maximum Gasteiger partial charge on any atom is 0.323 e. The Labute approximate surface area is 267 Å². The van der Waals surface area contributed by atoms with E-state index in [4.69, 9.17) is 0 Å². The Bertz CT molecular complexity index is 1450. The Morgan fingerprint density at radius 2 is 1.52 bits per heavy atom. The molecule has 1 unspecified atom stereocenters. The maximum atomic E-state index is 12.9. The van der Waals surface area contributed by atoms with Gasteiger partial charge < -0.3 is 15.5 Å². The number of carbonyl (C=O) groups excluding carboxylic acids is 1. The molecule has 3 aromatic carbocycles. The second kappa shape index (κ2) is 14.9. The van der Waals surface area contributed by atoms with Gasteiger partial charge in [-0.15, -0.1) is 37.2 Å². The first kappa shape index (κ1) is 33.5. The Balaban J connectivity index is 0.00000161. The molecular formula is C33H40Cl3N5O. The van der Waals surface area contributed by atoms with Crippen molar-refractivity contribution in [3.8, 4) is 0 Å². The minimum atomic E-state index is -0.257. The molecule has 2 N–H and O–H groups in total. The number of carbonyl (C=O) groups is 1. The van der Waals surface area contributed by atoms with Crippen molar-refractivity contribution in [3.05, 3.63) is 96.7 Å². The summed E-state index contributed by atoms with van der Waals surface area (Å²) in [5.41, 5.74) is 5.03. The minimum absolute atomic E-state index is 0. The Morgan fingerprint density at radius 1 is 0.810 bits per heavy atom. The van der Waals surface area contributed by atoms with Crippen LogP contribution in [0.3, 0.4) is 0 Å². The van der Waals surface area contributed by atoms with Crippen LogP contribution in [0.15, 0.2) is 91.1 Å². The number of hydrogen-bond donors (Lipinski definition) is 2. The fourth-order valence-corrected chi connectivity index (χ4v) is 6.59. The van der Waals surface area contributed by atoms with E-state index >= 15 is 0 Å². The molecule has 1 aliphatic carbocycles. The summed E-state index contributed by atoms with van der Waals surface area (Å²) in [6.45, 7) is 5.43. The predicted octanol–water partition coefficient (Wildman–Crippen LogP) is 8.51. The number of aromatic nitrogens is 1.